The molecule has 0 saturated carbocycles. The molecule has 3 rings (SSSR count). The molecule has 6 heteroatoms. The van der Waals surface area contributed by atoms with E-state index < -0.39 is 0 Å². The molecule has 2 aromatic rings. The Morgan fingerprint density at radius 2 is 1.88 bits per heavy atom. The van der Waals surface area contributed by atoms with E-state index in [0.717, 1.165) is 5.56 Å². The van der Waals surface area contributed by atoms with Gasteiger partial charge in [0.15, 0.2) is 11.5 Å². The van der Waals surface area contributed by atoms with Crippen LogP contribution in [0.1, 0.15) is 22.8 Å². The molecule has 0 atom stereocenters. The van der Waals surface area contributed by atoms with Crippen LogP contribution in [-0.2, 0) is 11.3 Å². The van der Waals surface area contributed by atoms with Crippen LogP contribution in [-0.4, -0.2) is 43.7 Å². The van der Waals surface area contributed by atoms with Gasteiger partial charge in [-0.2, -0.15) is 0 Å². The van der Waals surface area contributed by atoms with Crippen molar-refractivity contribution in [3.8, 4) is 11.5 Å². The molecule has 1 heterocycles. The monoisotopic (exact) mass is 375 g/mol. The second-order valence-electron chi connectivity index (χ2n) is 5.90. The Morgan fingerprint density at radius 1 is 1.15 bits per heavy atom. The van der Waals surface area contributed by atoms with Gasteiger partial charge >= 0.3 is 0 Å². The zero-order valence-corrected chi connectivity index (χ0v) is 15.5. The lowest BCUT2D eigenvalue weighted by molar-refractivity contribution is 0.0302. The molecule has 26 heavy (non-hydrogen) atoms. The third-order valence-electron chi connectivity index (χ3n) is 4.08. The molecule has 0 spiro atoms. The Kier molecular flexibility index (Phi) is 6.36. The number of morpholine rings is 1. The predicted molar refractivity (Wildman–Crippen MR) is 100 cm³/mol. The standard InChI is InChI=1S/C20H22ClNO4/c1-2-25-18-13-16(20(23)22-8-10-24-11-9-22)12-17(21)19(18)26-14-15-6-4-3-5-7-15/h3-7,12-13H,2,8-11,14H2,1H3. The summed E-state index contributed by atoms with van der Waals surface area (Å²) in [6.45, 7) is 4.96. The minimum atomic E-state index is -0.0780. The van der Waals surface area contributed by atoms with Gasteiger partial charge in [0, 0.05) is 18.7 Å². The number of hydrogen-bond donors (Lipinski definition) is 0. The number of carbonyl (C=O) groups excluding carboxylic acids is 1. The summed E-state index contributed by atoms with van der Waals surface area (Å²) in [4.78, 5) is 14.5. The summed E-state index contributed by atoms with van der Waals surface area (Å²) in [5.74, 6) is 0.856. The predicted octanol–water partition coefficient (Wildman–Crippen LogP) is 3.79. The normalized spacial score (nSPS) is 14.2. The number of hydrogen-bond acceptors (Lipinski definition) is 4. The molecule has 0 aliphatic carbocycles. The van der Waals surface area contributed by atoms with Crippen molar-refractivity contribution in [2.24, 2.45) is 0 Å². The van der Waals surface area contributed by atoms with E-state index in [0.29, 0.717) is 61.6 Å². The van der Waals surface area contributed by atoms with E-state index in [-0.39, 0.29) is 5.91 Å². The maximum absolute atomic E-state index is 12.7. The second-order valence-corrected chi connectivity index (χ2v) is 6.30. The quantitative estimate of drug-likeness (QED) is 0.770. The third-order valence-corrected chi connectivity index (χ3v) is 4.36. The Labute approximate surface area is 158 Å². The first-order valence-corrected chi connectivity index (χ1v) is 9.07. The van der Waals surface area contributed by atoms with Crippen LogP contribution >= 0.6 is 11.6 Å². The molecule has 0 radical (unpaired) electrons. The van der Waals surface area contributed by atoms with E-state index in [9.17, 15) is 4.79 Å². The molecular weight excluding hydrogens is 354 g/mol. The molecule has 1 aliphatic heterocycles. The average Bonchev–Trinajstić information content (AvgIpc) is 2.68. The number of ether oxygens (including phenoxy) is 3. The maximum atomic E-state index is 12.7. The van der Waals surface area contributed by atoms with E-state index in [1.54, 1.807) is 17.0 Å². The molecule has 1 saturated heterocycles. The summed E-state index contributed by atoms with van der Waals surface area (Å²) in [5, 5.41) is 0.364. The highest BCUT2D eigenvalue weighted by atomic mass is 35.5. The van der Waals surface area contributed by atoms with Crippen LogP contribution in [0.15, 0.2) is 42.5 Å². The Bertz CT molecular complexity index is 745. The fraction of sp³-hybridized carbons (Fsp3) is 0.350. The van der Waals surface area contributed by atoms with E-state index >= 15 is 0 Å². The number of carbonyl (C=O) groups is 1. The molecule has 0 N–H and O–H groups in total. The van der Waals surface area contributed by atoms with Crippen molar-refractivity contribution in [3.05, 3.63) is 58.6 Å². The van der Waals surface area contributed by atoms with Gasteiger partial charge in [-0.15, -0.1) is 0 Å². The summed E-state index contributed by atoms with van der Waals surface area (Å²) >= 11 is 6.42. The van der Waals surface area contributed by atoms with Gasteiger partial charge in [-0.25, -0.2) is 0 Å². The number of amides is 1. The van der Waals surface area contributed by atoms with Gasteiger partial charge in [-0.1, -0.05) is 41.9 Å². The molecular formula is C20H22ClNO4. The van der Waals surface area contributed by atoms with E-state index in [1.165, 1.54) is 0 Å². The van der Waals surface area contributed by atoms with Crippen LogP contribution in [0.4, 0.5) is 0 Å². The topological polar surface area (TPSA) is 48.0 Å². The number of nitrogens with zero attached hydrogens (tertiary/aromatic N) is 1. The van der Waals surface area contributed by atoms with Crippen molar-refractivity contribution in [2.75, 3.05) is 32.9 Å². The van der Waals surface area contributed by atoms with Gasteiger partial charge in [0.2, 0.25) is 0 Å². The summed E-state index contributed by atoms with van der Waals surface area (Å²) in [5.41, 5.74) is 1.52. The molecule has 0 aromatic heterocycles. The molecule has 2 aromatic carbocycles. The third kappa shape index (κ3) is 4.48. The second kappa shape index (κ2) is 8.92. The van der Waals surface area contributed by atoms with Gasteiger partial charge < -0.3 is 19.1 Å². The fourth-order valence-corrected chi connectivity index (χ4v) is 3.04. The van der Waals surface area contributed by atoms with Crippen LogP contribution in [0.25, 0.3) is 0 Å². The van der Waals surface area contributed by atoms with Crippen molar-refractivity contribution < 1.29 is 19.0 Å². The summed E-state index contributed by atoms with van der Waals surface area (Å²) < 4.78 is 16.9. The molecule has 0 bridgehead atoms. The molecule has 1 fully saturated rings. The molecule has 0 unspecified atom stereocenters. The smallest absolute Gasteiger partial charge is 0.254 e. The lowest BCUT2D eigenvalue weighted by Gasteiger charge is -2.27. The van der Waals surface area contributed by atoms with Crippen molar-refractivity contribution in [3.63, 3.8) is 0 Å². The van der Waals surface area contributed by atoms with Crippen molar-refractivity contribution >= 4 is 17.5 Å². The number of benzene rings is 2. The zero-order chi connectivity index (χ0) is 18.4. The molecule has 1 amide bonds. The number of rotatable bonds is 6. The Hall–Kier alpha value is -2.24. The zero-order valence-electron chi connectivity index (χ0n) is 14.7. The highest BCUT2D eigenvalue weighted by molar-refractivity contribution is 6.32. The van der Waals surface area contributed by atoms with Gasteiger partial charge in [0.25, 0.3) is 5.91 Å². The first-order chi connectivity index (χ1) is 12.7. The average molecular weight is 376 g/mol. The maximum Gasteiger partial charge on any atom is 0.254 e. The van der Waals surface area contributed by atoms with Crippen molar-refractivity contribution in [1.29, 1.82) is 0 Å². The highest BCUT2D eigenvalue weighted by Gasteiger charge is 2.22. The van der Waals surface area contributed by atoms with E-state index in [4.69, 9.17) is 25.8 Å². The van der Waals surface area contributed by atoms with Gasteiger partial charge in [-0.05, 0) is 24.6 Å². The highest BCUT2D eigenvalue weighted by Crippen LogP contribution is 2.37. The minimum Gasteiger partial charge on any atom is -0.490 e. The van der Waals surface area contributed by atoms with Crippen LogP contribution in [0.2, 0.25) is 5.02 Å². The van der Waals surface area contributed by atoms with Gasteiger partial charge in [0.05, 0.1) is 24.8 Å². The van der Waals surface area contributed by atoms with E-state index in [2.05, 4.69) is 0 Å². The Balaban J connectivity index is 1.81. The number of halogens is 1. The van der Waals surface area contributed by atoms with Crippen molar-refractivity contribution in [2.45, 2.75) is 13.5 Å². The first-order valence-electron chi connectivity index (χ1n) is 8.69. The molecule has 5 nitrogen and oxygen atoms in total. The molecule has 138 valence electrons. The van der Waals surface area contributed by atoms with Gasteiger partial charge in [-0.3, -0.25) is 4.79 Å². The molecule has 1 aliphatic rings. The summed E-state index contributed by atoms with van der Waals surface area (Å²) in [6, 6.07) is 13.2. The summed E-state index contributed by atoms with van der Waals surface area (Å²) in [7, 11) is 0. The van der Waals surface area contributed by atoms with Crippen LogP contribution < -0.4 is 9.47 Å². The fourth-order valence-electron chi connectivity index (χ4n) is 2.77. The largest absolute Gasteiger partial charge is 0.490 e. The van der Waals surface area contributed by atoms with E-state index in [1.807, 2.05) is 37.3 Å². The van der Waals surface area contributed by atoms with Gasteiger partial charge in [0.1, 0.15) is 6.61 Å². The Morgan fingerprint density at radius 3 is 2.58 bits per heavy atom. The van der Waals surface area contributed by atoms with Crippen LogP contribution in [0.3, 0.4) is 0 Å². The first kappa shape index (κ1) is 18.5. The lowest BCUT2D eigenvalue weighted by Crippen LogP contribution is -2.40. The SMILES string of the molecule is CCOc1cc(C(=O)N2CCOCC2)cc(Cl)c1OCc1ccccc1. The van der Waals surface area contributed by atoms with Crippen LogP contribution in [0, 0.1) is 0 Å². The van der Waals surface area contributed by atoms with Crippen molar-refractivity contribution in [1.82, 2.24) is 4.90 Å². The lowest BCUT2D eigenvalue weighted by atomic mass is 10.1. The van der Waals surface area contributed by atoms with Crippen LogP contribution in [0.5, 0.6) is 11.5 Å². The minimum absolute atomic E-state index is 0.0780. The summed E-state index contributed by atoms with van der Waals surface area (Å²) in [6.07, 6.45) is 0.